The normalized spacial score (nSPS) is 18.7. The minimum absolute atomic E-state index is 0.0147. The Bertz CT molecular complexity index is 2520. The molecule has 2 aromatic carbocycles. The van der Waals surface area contributed by atoms with Crippen LogP contribution in [-0.2, 0) is 16.6 Å². The molecule has 2 bridgehead atoms. The second kappa shape index (κ2) is 12.6. The molecule has 3 aliphatic rings. The summed E-state index contributed by atoms with van der Waals surface area (Å²) in [6.07, 6.45) is 14.4. The summed E-state index contributed by atoms with van der Waals surface area (Å²) in [5.74, 6) is 2.40. The number of aryl methyl sites for hydroxylation is 1. The fourth-order valence-corrected chi connectivity index (χ4v) is 8.17. The molecule has 1 N–H and O–H groups in total. The maximum Gasteiger partial charge on any atom is 0.319 e. The van der Waals surface area contributed by atoms with Gasteiger partial charge in [0.15, 0.2) is 16.7 Å². The molecule has 9 rings (SSSR count). The summed E-state index contributed by atoms with van der Waals surface area (Å²) in [5, 5.41) is 13.3. The Balaban J connectivity index is 1.00. The number of halogens is 2. The Morgan fingerprint density at radius 3 is 2.62 bits per heavy atom. The Labute approximate surface area is 297 Å². The fourth-order valence-electron chi connectivity index (χ4n) is 7.17. The minimum atomic E-state index is -3.98. The van der Waals surface area contributed by atoms with Crippen molar-refractivity contribution in [2.24, 2.45) is 0 Å². The van der Waals surface area contributed by atoms with Crippen molar-refractivity contribution >= 4 is 37.5 Å². The number of piperazine rings is 1. The lowest BCUT2D eigenvalue weighted by molar-refractivity contribution is 0.277. The monoisotopic (exact) mass is 722 g/mol. The average molecular weight is 723 g/mol. The number of fused-ring (bicyclic) bond motifs is 4. The third kappa shape index (κ3) is 5.70. The van der Waals surface area contributed by atoms with Gasteiger partial charge in [0.05, 0.1) is 17.6 Å². The van der Waals surface area contributed by atoms with Gasteiger partial charge in [-0.2, -0.15) is 23.5 Å². The van der Waals surface area contributed by atoms with Crippen molar-refractivity contribution in [2.75, 3.05) is 24.6 Å². The predicted octanol–water partition coefficient (Wildman–Crippen LogP) is 4.42. The maximum atomic E-state index is 16.7. The molecule has 2 saturated heterocycles. The van der Waals surface area contributed by atoms with E-state index in [9.17, 15) is 12.8 Å². The molecule has 3 fully saturated rings. The number of nitrogens with one attached hydrogen (secondary N) is 1. The topological polar surface area (TPSA) is 146 Å². The van der Waals surface area contributed by atoms with Gasteiger partial charge in [0.2, 0.25) is 0 Å². The van der Waals surface area contributed by atoms with Gasteiger partial charge < -0.3 is 15.0 Å². The van der Waals surface area contributed by atoms with Crippen molar-refractivity contribution < 1.29 is 21.9 Å². The fraction of sp³-hybridized carbons (Fsp3) is 0.333. The van der Waals surface area contributed by atoms with Crippen LogP contribution >= 0.6 is 0 Å². The summed E-state index contributed by atoms with van der Waals surface area (Å²) in [7, 11) is -3.98. The van der Waals surface area contributed by atoms with E-state index in [-0.39, 0.29) is 52.4 Å². The molecule has 1 aliphatic carbocycles. The quantitative estimate of drug-likeness (QED) is 0.159. The van der Waals surface area contributed by atoms with Gasteiger partial charge in [0.25, 0.3) is 0 Å². The zero-order valence-corrected chi connectivity index (χ0v) is 28.6. The number of terminal acetylenes is 1. The van der Waals surface area contributed by atoms with E-state index in [0.717, 1.165) is 29.8 Å². The van der Waals surface area contributed by atoms with Crippen molar-refractivity contribution in [3.8, 4) is 29.6 Å². The highest BCUT2D eigenvalue weighted by Crippen LogP contribution is 2.39. The molecule has 6 aromatic rings. The zero-order valence-electron chi connectivity index (χ0n) is 27.8. The molecule has 13 nitrogen and oxygen atoms in total. The third-order valence-electron chi connectivity index (χ3n) is 9.88. The molecule has 0 spiro atoms. The van der Waals surface area contributed by atoms with Gasteiger partial charge in [-0.15, -0.1) is 15.6 Å². The molecular formula is C36H32F2N10O3S. The van der Waals surface area contributed by atoms with Crippen molar-refractivity contribution in [3.05, 3.63) is 78.1 Å². The van der Waals surface area contributed by atoms with Crippen LogP contribution in [0.4, 0.5) is 14.6 Å². The lowest BCUT2D eigenvalue weighted by atomic mass is 9.96. The summed E-state index contributed by atoms with van der Waals surface area (Å²) < 4.78 is 66.1. The number of hydrogen-bond acceptors (Lipinski definition) is 11. The summed E-state index contributed by atoms with van der Waals surface area (Å²) >= 11 is 0. The van der Waals surface area contributed by atoms with E-state index in [2.05, 4.69) is 41.3 Å². The smallest absolute Gasteiger partial charge is 0.319 e. The van der Waals surface area contributed by atoms with Crippen molar-refractivity contribution in [2.45, 2.75) is 61.7 Å². The third-order valence-corrected chi connectivity index (χ3v) is 11.3. The van der Waals surface area contributed by atoms with E-state index in [1.165, 1.54) is 23.1 Å². The summed E-state index contributed by atoms with van der Waals surface area (Å²) in [6.45, 7) is 1.84. The van der Waals surface area contributed by atoms with Gasteiger partial charge in [-0.3, -0.25) is 9.67 Å². The predicted molar refractivity (Wildman–Crippen MR) is 187 cm³/mol. The van der Waals surface area contributed by atoms with Gasteiger partial charge in [0, 0.05) is 67.4 Å². The summed E-state index contributed by atoms with van der Waals surface area (Å²) in [6, 6.07) is 10.1. The standard InChI is InChI=1S/C36H32F2N10O3S/c1-2-25-28(37)12-9-21-5-3-6-26(30(21)25)32-31(38)33-27(17-39-32)35(46-18-23-10-11-24(19-46)41-23)43-36(42-33)51-16-4-14-47-15-13-29(44-47)52(49,50)48-20-40-34(45-48)22-7-8-22/h1,3,5-6,9,12-13,15,17,20,22-24,41H,4,7-8,10-11,14,16,18-19H2. The van der Waals surface area contributed by atoms with Crippen LogP contribution in [0.1, 0.15) is 49.4 Å². The van der Waals surface area contributed by atoms with Crippen LogP contribution in [0.25, 0.3) is 32.9 Å². The number of anilines is 1. The maximum absolute atomic E-state index is 16.7. The zero-order chi connectivity index (χ0) is 35.6. The van der Waals surface area contributed by atoms with Gasteiger partial charge in [-0.1, -0.05) is 30.2 Å². The van der Waals surface area contributed by atoms with Crippen LogP contribution in [0.15, 0.2) is 60.1 Å². The Kier molecular flexibility index (Phi) is 7.85. The number of nitrogens with zero attached hydrogens (tertiary/aromatic N) is 9. The van der Waals surface area contributed by atoms with Gasteiger partial charge in [-0.25, -0.2) is 13.8 Å². The van der Waals surface area contributed by atoms with E-state index in [4.69, 9.17) is 16.1 Å². The number of aromatic nitrogens is 8. The Morgan fingerprint density at radius 2 is 1.83 bits per heavy atom. The summed E-state index contributed by atoms with van der Waals surface area (Å²) in [5.41, 5.74) is 0.378. The molecule has 0 amide bonds. The van der Waals surface area contributed by atoms with Crippen LogP contribution < -0.4 is 15.0 Å². The molecule has 52 heavy (non-hydrogen) atoms. The highest BCUT2D eigenvalue weighted by Gasteiger charge is 2.34. The number of hydrogen-bond donors (Lipinski definition) is 1. The number of ether oxygens (including phenoxy) is 1. The van der Waals surface area contributed by atoms with Crippen LogP contribution in [-0.4, -0.2) is 79.1 Å². The van der Waals surface area contributed by atoms with E-state index in [1.54, 1.807) is 36.7 Å². The molecule has 0 radical (unpaired) electrons. The average Bonchev–Trinajstić information content (AvgIpc) is 3.50. The second-order valence-corrected chi connectivity index (χ2v) is 15.1. The van der Waals surface area contributed by atoms with Crippen LogP contribution in [0.3, 0.4) is 0 Å². The van der Waals surface area contributed by atoms with Crippen LogP contribution in [0.5, 0.6) is 6.01 Å². The molecule has 4 aromatic heterocycles. The molecule has 6 heterocycles. The van der Waals surface area contributed by atoms with Crippen molar-refractivity contribution in [1.82, 2.24) is 44.2 Å². The number of benzene rings is 2. The van der Waals surface area contributed by atoms with Crippen LogP contribution in [0.2, 0.25) is 0 Å². The number of rotatable bonds is 10. The first kappa shape index (κ1) is 32.4. The van der Waals surface area contributed by atoms with E-state index >= 15 is 4.39 Å². The molecule has 1 saturated carbocycles. The molecular weight excluding hydrogens is 691 g/mol. The highest BCUT2D eigenvalue weighted by atomic mass is 32.2. The first-order chi connectivity index (χ1) is 25.3. The molecule has 264 valence electrons. The van der Waals surface area contributed by atoms with Crippen molar-refractivity contribution in [1.29, 1.82) is 0 Å². The Hall–Kier alpha value is -5.53. The van der Waals surface area contributed by atoms with Gasteiger partial charge in [0.1, 0.15) is 29.2 Å². The van der Waals surface area contributed by atoms with E-state index in [0.29, 0.717) is 59.4 Å². The first-order valence-corrected chi connectivity index (χ1v) is 18.6. The lowest BCUT2D eigenvalue weighted by Crippen LogP contribution is -2.51. The van der Waals surface area contributed by atoms with Gasteiger partial charge >= 0.3 is 16.0 Å². The molecule has 2 unspecified atom stereocenters. The first-order valence-electron chi connectivity index (χ1n) is 17.2. The van der Waals surface area contributed by atoms with E-state index in [1.807, 2.05) is 0 Å². The molecule has 2 atom stereocenters. The van der Waals surface area contributed by atoms with Crippen LogP contribution in [0, 0.1) is 24.0 Å². The van der Waals surface area contributed by atoms with Gasteiger partial charge in [-0.05, 0) is 43.2 Å². The largest absolute Gasteiger partial charge is 0.463 e. The number of pyridine rings is 1. The highest BCUT2D eigenvalue weighted by molar-refractivity contribution is 7.89. The Morgan fingerprint density at radius 1 is 1.00 bits per heavy atom. The lowest BCUT2D eigenvalue weighted by Gasteiger charge is -2.34. The summed E-state index contributed by atoms with van der Waals surface area (Å²) in [4.78, 5) is 20.1. The minimum Gasteiger partial charge on any atom is -0.463 e. The molecule has 16 heteroatoms. The van der Waals surface area contributed by atoms with Crippen molar-refractivity contribution in [3.63, 3.8) is 0 Å². The molecule has 2 aliphatic heterocycles. The van der Waals surface area contributed by atoms with E-state index < -0.39 is 21.7 Å². The second-order valence-electron chi connectivity index (χ2n) is 13.4. The SMILES string of the molecule is C#Cc1c(F)ccc2cccc(-c3ncc4c(N5CC6CCC(C5)N6)nc(OCCCn5ccc(S(=O)(=O)n6cnc(C7CC7)n6)n5)nc4c3F)c12.